The molecule has 0 amide bonds. The lowest BCUT2D eigenvalue weighted by atomic mass is 10.2. The van der Waals surface area contributed by atoms with E-state index in [0.29, 0.717) is 12.2 Å². The minimum Gasteiger partial charge on any atom is -0.492 e. The molecule has 2 fully saturated rings. The highest BCUT2D eigenvalue weighted by atomic mass is 16.5. The third kappa shape index (κ3) is 5.43. The van der Waals surface area contributed by atoms with Crippen LogP contribution in [0.5, 0.6) is 11.5 Å². The van der Waals surface area contributed by atoms with E-state index in [1.807, 2.05) is 36.4 Å². The predicted octanol–water partition coefficient (Wildman–Crippen LogP) is 2.75. The Kier molecular flexibility index (Phi) is 6.71. The number of morpholine rings is 1. The summed E-state index contributed by atoms with van der Waals surface area (Å²) in [6.45, 7) is 6.79. The standard InChI is InChI=1S/C23H28N2O5/c26-23(27)18-1-3-19(4-2-18)25-10-9-22(17-25)30-21-7-5-20(6-8-21)29-16-13-24-11-14-28-15-12-24/h1-8,22H,9-17H2,(H,26,27)/t22-/m0/s1. The van der Waals surface area contributed by atoms with E-state index in [4.69, 9.17) is 19.3 Å². The third-order valence-electron chi connectivity index (χ3n) is 5.53. The largest absolute Gasteiger partial charge is 0.492 e. The van der Waals surface area contributed by atoms with Gasteiger partial charge in [-0.3, -0.25) is 4.90 Å². The number of rotatable bonds is 8. The van der Waals surface area contributed by atoms with E-state index >= 15 is 0 Å². The van der Waals surface area contributed by atoms with Crippen molar-refractivity contribution in [1.82, 2.24) is 4.90 Å². The highest BCUT2D eigenvalue weighted by Crippen LogP contribution is 2.25. The van der Waals surface area contributed by atoms with Crippen LogP contribution in [0.25, 0.3) is 0 Å². The van der Waals surface area contributed by atoms with Crippen LogP contribution in [0.3, 0.4) is 0 Å². The Bertz CT molecular complexity index is 818. The van der Waals surface area contributed by atoms with Gasteiger partial charge in [-0.1, -0.05) is 0 Å². The van der Waals surface area contributed by atoms with Crippen molar-refractivity contribution >= 4 is 11.7 Å². The smallest absolute Gasteiger partial charge is 0.335 e. The third-order valence-corrected chi connectivity index (χ3v) is 5.53. The van der Waals surface area contributed by atoms with Crippen LogP contribution >= 0.6 is 0 Å². The van der Waals surface area contributed by atoms with Crippen molar-refractivity contribution in [1.29, 1.82) is 0 Å². The minimum absolute atomic E-state index is 0.109. The van der Waals surface area contributed by atoms with Gasteiger partial charge in [0.25, 0.3) is 0 Å². The molecule has 0 saturated carbocycles. The minimum atomic E-state index is -0.905. The van der Waals surface area contributed by atoms with Gasteiger partial charge in [0, 0.05) is 38.3 Å². The molecule has 2 aliphatic rings. The summed E-state index contributed by atoms with van der Waals surface area (Å²) in [4.78, 5) is 15.6. The first-order valence-corrected chi connectivity index (χ1v) is 10.5. The number of anilines is 1. The molecule has 2 saturated heterocycles. The molecule has 0 aromatic heterocycles. The Morgan fingerprint density at radius 2 is 1.70 bits per heavy atom. The lowest BCUT2D eigenvalue weighted by Gasteiger charge is -2.26. The zero-order valence-electron chi connectivity index (χ0n) is 17.0. The molecule has 0 radical (unpaired) electrons. The summed E-state index contributed by atoms with van der Waals surface area (Å²) >= 11 is 0. The lowest BCUT2D eigenvalue weighted by Crippen LogP contribution is -2.38. The molecule has 7 nitrogen and oxygen atoms in total. The molecule has 2 aromatic rings. The monoisotopic (exact) mass is 412 g/mol. The van der Waals surface area contributed by atoms with E-state index in [9.17, 15) is 4.79 Å². The van der Waals surface area contributed by atoms with Gasteiger partial charge >= 0.3 is 5.97 Å². The normalized spacial score (nSPS) is 19.6. The summed E-state index contributed by atoms with van der Waals surface area (Å²) in [5.41, 5.74) is 1.33. The van der Waals surface area contributed by atoms with Crippen molar-refractivity contribution in [3.05, 3.63) is 54.1 Å². The second kappa shape index (κ2) is 9.82. The van der Waals surface area contributed by atoms with Crippen molar-refractivity contribution in [2.45, 2.75) is 12.5 Å². The molecule has 4 rings (SSSR count). The molecule has 0 bridgehead atoms. The fourth-order valence-electron chi connectivity index (χ4n) is 3.80. The molecule has 160 valence electrons. The van der Waals surface area contributed by atoms with Gasteiger partial charge in [-0.2, -0.15) is 0 Å². The summed E-state index contributed by atoms with van der Waals surface area (Å²) in [6.07, 6.45) is 1.04. The van der Waals surface area contributed by atoms with Crippen molar-refractivity contribution in [3.8, 4) is 11.5 Å². The van der Waals surface area contributed by atoms with E-state index in [2.05, 4.69) is 9.80 Å². The number of aromatic carboxylic acids is 1. The molecule has 0 unspecified atom stereocenters. The fourth-order valence-corrected chi connectivity index (χ4v) is 3.80. The molecule has 7 heteroatoms. The van der Waals surface area contributed by atoms with E-state index in [0.717, 1.165) is 69.5 Å². The van der Waals surface area contributed by atoms with Gasteiger partial charge in [0.05, 0.1) is 25.3 Å². The van der Waals surface area contributed by atoms with Gasteiger partial charge in [-0.15, -0.1) is 0 Å². The number of carboxylic acid groups (broad SMARTS) is 1. The number of ether oxygens (including phenoxy) is 3. The fraction of sp³-hybridized carbons (Fsp3) is 0.435. The molecule has 0 spiro atoms. The number of benzene rings is 2. The average Bonchev–Trinajstić information content (AvgIpc) is 3.24. The molecule has 1 atom stereocenters. The number of carboxylic acids is 1. The second-order valence-corrected chi connectivity index (χ2v) is 7.60. The molecular weight excluding hydrogens is 384 g/mol. The Hall–Kier alpha value is -2.77. The first kappa shape index (κ1) is 20.5. The molecule has 1 N–H and O–H groups in total. The highest BCUT2D eigenvalue weighted by molar-refractivity contribution is 5.88. The summed E-state index contributed by atoms with van der Waals surface area (Å²) in [5.74, 6) is 0.781. The molecule has 2 heterocycles. The van der Waals surface area contributed by atoms with Crippen LogP contribution in [0.4, 0.5) is 5.69 Å². The SMILES string of the molecule is O=C(O)c1ccc(N2CC[C@H](Oc3ccc(OCCN4CCOCC4)cc3)C2)cc1. The van der Waals surface area contributed by atoms with Crippen LogP contribution in [0.2, 0.25) is 0 Å². The first-order chi connectivity index (χ1) is 14.7. The summed E-state index contributed by atoms with van der Waals surface area (Å²) in [5, 5.41) is 9.03. The molecular formula is C23H28N2O5. The summed E-state index contributed by atoms with van der Waals surface area (Å²) in [7, 11) is 0. The maximum absolute atomic E-state index is 11.0. The molecule has 2 aromatic carbocycles. The number of nitrogens with zero attached hydrogens (tertiary/aromatic N) is 2. The van der Waals surface area contributed by atoms with E-state index in [-0.39, 0.29) is 6.10 Å². The van der Waals surface area contributed by atoms with Crippen LogP contribution in [0, 0.1) is 0 Å². The van der Waals surface area contributed by atoms with Crippen LogP contribution in [0.1, 0.15) is 16.8 Å². The second-order valence-electron chi connectivity index (χ2n) is 7.60. The lowest BCUT2D eigenvalue weighted by molar-refractivity contribution is 0.0322. The number of hydrogen-bond acceptors (Lipinski definition) is 6. The van der Waals surface area contributed by atoms with E-state index in [1.54, 1.807) is 12.1 Å². The Labute approximate surface area is 176 Å². The topological polar surface area (TPSA) is 71.5 Å². The zero-order chi connectivity index (χ0) is 20.8. The Morgan fingerprint density at radius 1 is 1.00 bits per heavy atom. The predicted molar refractivity (Wildman–Crippen MR) is 114 cm³/mol. The van der Waals surface area contributed by atoms with Gasteiger partial charge in [-0.05, 0) is 48.5 Å². The van der Waals surface area contributed by atoms with E-state index in [1.165, 1.54) is 0 Å². The number of hydrogen-bond donors (Lipinski definition) is 1. The van der Waals surface area contributed by atoms with Crippen molar-refractivity contribution in [3.63, 3.8) is 0 Å². The Morgan fingerprint density at radius 3 is 2.40 bits per heavy atom. The molecule has 0 aliphatic carbocycles. The van der Waals surface area contributed by atoms with Crippen LogP contribution in [-0.2, 0) is 4.74 Å². The highest BCUT2D eigenvalue weighted by Gasteiger charge is 2.24. The van der Waals surface area contributed by atoms with Gasteiger partial charge in [0.15, 0.2) is 0 Å². The quantitative estimate of drug-likeness (QED) is 0.715. The Balaban J connectivity index is 1.22. The van der Waals surface area contributed by atoms with Crippen molar-refractivity contribution in [2.24, 2.45) is 0 Å². The zero-order valence-corrected chi connectivity index (χ0v) is 17.0. The van der Waals surface area contributed by atoms with Gasteiger partial charge in [0.2, 0.25) is 0 Å². The molecule has 30 heavy (non-hydrogen) atoms. The van der Waals surface area contributed by atoms with E-state index < -0.39 is 5.97 Å². The van der Waals surface area contributed by atoms with Gasteiger partial charge in [0.1, 0.15) is 24.2 Å². The van der Waals surface area contributed by atoms with Crippen molar-refractivity contribution in [2.75, 3.05) is 57.4 Å². The van der Waals surface area contributed by atoms with Crippen molar-refractivity contribution < 1.29 is 24.1 Å². The van der Waals surface area contributed by atoms with Crippen LogP contribution in [-0.4, -0.2) is 74.6 Å². The maximum atomic E-state index is 11.0. The maximum Gasteiger partial charge on any atom is 0.335 e. The van der Waals surface area contributed by atoms with Crippen LogP contribution < -0.4 is 14.4 Å². The molecule has 2 aliphatic heterocycles. The average molecular weight is 412 g/mol. The van der Waals surface area contributed by atoms with Gasteiger partial charge < -0.3 is 24.2 Å². The summed E-state index contributed by atoms with van der Waals surface area (Å²) in [6, 6.07) is 14.8. The van der Waals surface area contributed by atoms with Gasteiger partial charge in [-0.25, -0.2) is 4.79 Å². The van der Waals surface area contributed by atoms with Crippen LogP contribution in [0.15, 0.2) is 48.5 Å². The summed E-state index contributed by atoms with van der Waals surface area (Å²) < 4.78 is 17.3. The number of carbonyl (C=O) groups is 1. The first-order valence-electron chi connectivity index (χ1n) is 10.5.